The normalized spacial score (nSPS) is 25.6. The van der Waals surface area contributed by atoms with Crippen LogP contribution in [0.4, 0.5) is 19.0 Å². The number of nitrogens with zero attached hydrogens (tertiary/aromatic N) is 3. The van der Waals surface area contributed by atoms with Crippen LogP contribution in [0.5, 0.6) is 0 Å². The number of aliphatic hydroxyl groups is 2. The lowest BCUT2D eigenvalue weighted by molar-refractivity contribution is -0.192. The van der Waals surface area contributed by atoms with Gasteiger partial charge < -0.3 is 35.1 Å². The van der Waals surface area contributed by atoms with E-state index in [1.165, 1.54) is 6.33 Å². The summed E-state index contributed by atoms with van der Waals surface area (Å²) in [7, 11) is 0. The fourth-order valence-electron chi connectivity index (χ4n) is 4.01. The summed E-state index contributed by atoms with van der Waals surface area (Å²) in [4.78, 5) is 29.2. The van der Waals surface area contributed by atoms with E-state index in [2.05, 4.69) is 9.97 Å². The Balaban J connectivity index is 0.000000384. The average molecular weight is 531 g/mol. The Bertz CT molecular complexity index is 1320. The summed E-state index contributed by atoms with van der Waals surface area (Å²) in [5.74, 6) is -2.91. The number of hydrogen-bond acceptors (Lipinski definition) is 9. The van der Waals surface area contributed by atoms with E-state index >= 15 is 0 Å². The highest BCUT2D eigenvalue weighted by atomic mass is 35.5. The molecular formula is C21H18ClF3N4O7. The standard InChI is InChI=1S/C19H17ClN4O5.C2HF3O2/c20-9-1-2-10-8(5-9)6-12(25)28-15(10)16-13(26)14(27)19(29-16)24-4-3-11-17(21)22-7-23-18(11)24;3-2(4,5)1(6)7/h1-5,7,13-16,19,26-27H,6H2,(H2,21,22,23);(H,6,7)/t13-,14+,15+,16-,19+;/m0./s1. The summed E-state index contributed by atoms with van der Waals surface area (Å²) in [6.07, 6.45) is -7.40. The molecule has 0 aliphatic carbocycles. The Morgan fingerprint density at radius 3 is 2.56 bits per heavy atom. The van der Waals surface area contributed by atoms with Gasteiger partial charge in [0.1, 0.15) is 36.1 Å². The summed E-state index contributed by atoms with van der Waals surface area (Å²) >= 11 is 6.04. The number of anilines is 1. The second-order valence-electron chi connectivity index (χ2n) is 7.92. The van der Waals surface area contributed by atoms with E-state index in [1.54, 1.807) is 35.0 Å². The van der Waals surface area contributed by atoms with E-state index in [0.29, 0.717) is 33.0 Å². The van der Waals surface area contributed by atoms with Crippen LogP contribution >= 0.6 is 11.6 Å². The van der Waals surface area contributed by atoms with Crippen molar-refractivity contribution in [2.45, 2.75) is 43.2 Å². The summed E-state index contributed by atoms with van der Waals surface area (Å²) < 4.78 is 44.8. The Kier molecular flexibility index (Phi) is 6.79. The van der Waals surface area contributed by atoms with Crippen molar-refractivity contribution in [1.29, 1.82) is 0 Å². The number of aromatic nitrogens is 3. The van der Waals surface area contributed by atoms with Gasteiger partial charge >= 0.3 is 18.1 Å². The van der Waals surface area contributed by atoms with Crippen molar-refractivity contribution in [3.8, 4) is 0 Å². The number of alkyl halides is 3. The molecule has 36 heavy (non-hydrogen) atoms. The van der Waals surface area contributed by atoms with E-state index in [-0.39, 0.29) is 6.42 Å². The Morgan fingerprint density at radius 1 is 1.19 bits per heavy atom. The van der Waals surface area contributed by atoms with Crippen molar-refractivity contribution in [1.82, 2.24) is 14.5 Å². The number of fused-ring (bicyclic) bond motifs is 2. The maximum absolute atomic E-state index is 12.1. The summed E-state index contributed by atoms with van der Waals surface area (Å²) in [5.41, 5.74) is 7.73. The molecule has 1 fully saturated rings. The monoisotopic (exact) mass is 530 g/mol. The van der Waals surface area contributed by atoms with Gasteiger partial charge in [0.25, 0.3) is 0 Å². The molecule has 0 spiro atoms. The number of aliphatic hydroxyl groups excluding tert-OH is 2. The van der Waals surface area contributed by atoms with Crippen molar-refractivity contribution in [2.75, 3.05) is 5.73 Å². The number of carboxylic acid groups (broad SMARTS) is 1. The number of benzene rings is 1. The lowest BCUT2D eigenvalue weighted by Crippen LogP contribution is -2.38. The second kappa shape index (κ2) is 9.54. The van der Waals surface area contributed by atoms with Crippen molar-refractivity contribution in [3.63, 3.8) is 0 Å². The molecule has 5 atom stereocenters. The van der Waals surface area contributed by atoms with Gasteiger partial charge in [0.05, 0.1) is 11.8 Å². The van der Waals surface area contributed by atoms with E-state index < -0.39 is 48.8 Å². The molecule has 2 aromatic heterocycles. The summed E-state index contributed by atoms with van der Waals surface area (Å²) in [6.45, 7) is 0. The number of carboxylic acids is 1. The number of aliphatic carboxylic acids is 1. The van der Waals surface area contributed by atoms with E-state index in [4.69, 9.17) is 36.7 Å². The minimum Gasteiger partial charge on any atom is -0.475 e. The molecular weight excluding hydrogens is 513 g/mol. The molecule has 192 valence electrons. The van der Waals surface area contributed by atoms with Gasteiger partial charge in [-0.15, -0.1) is 0 Å². The molecule has 5 N–H and O–H groups in total. The topological polar surface area (TPSA) is 170 Å². The molecule has 15 heteroatoms. The zero-order chi connectivity index (χ0) is 26.4. The summed E-state index contributed by atoms with van der Waals surface area (Å²) in [6, 6.07) is 6.82. The SMILES string of the molecule is Nc1ncnc2c1ccn2[C@@H]1O[C@H]([C@@H]2OC(=O)Cc3cc(Cl)ccc32)[C@@H](O)[C@H]1O.O=C(O)C(F)(F)F. The Labute approximate surface area is 204 Å². The van der Waals surface area contributed by atoms with Crippen LogP contribution in [0.25, 0.3) is 11.0 Å². The molecule has 1 saturated heterocycles. The van der Waals surface area contributed by atoms with Crippen molar-refractivity contribution >= 4 is 40.4 Å². The van der Waals surface area contributed by atoms with Gasteiger partial charge in [0, 0.05) is 11.2 Å². The van der Waals surface area contributed by atoms with Crippen LogP contribution in [-0.4, -0.2) is 66.3 Å². The largest absolute Gasteiger partial charge is 0.490 e. The highest BCUT2D eigenvalue weighted by molar-refractivity contribution is 6.30. The number of rotatable bonds is 2. The van der Waals surface area contributed by atoms with Crippen LogP contribution < -0.4 is 5.73 Å². The molecule has 3 aromatic rings. The van der Waals surface area contributed by atoms with Crippen LogP contribution in [-0.2, 0) is 25.5 Å². The minimum atomic E-state index is -5.08. The third-order valence-corrected chi connectivity index (χ3v) is 5.87. The van der Waals surface area contributed by atoms with Crippen LogP contribution in [0.3, 0.4) is 0 Å². The lowest BCUT2D eigenvalue weighted by atomic mass is 9.92. The summed E-state index contributed by atoms with van der Waals surface area (Å²) in [5, 5.41) is 29.6. The first-order valence-corrected chi connectivity index (χ1v) is 10.6. The number of esters is 1. The van der Waals surface area contributed by atoms with Crippen molar-refractivity contribution < 1.29 is 47.6 Å². The molecule has 0 saturated carbocycles. The molecule has 2 aliphatic heterocycles. The van der Waals surface area contributed by atoms with Crippen LogP contribution in [0, 0.1) is 0 Å². The fraction of sp³-hybridized carbons (Fsp3) is 0.333. The number of ether oxygens (including phenoxy) is 2. The number of nitrogen functional groups attached to an aromatic ring is 1. The van der Waals surface area contributed by atoms with Gasteiger partial charge in [-0.2, -0.15) is 13.2 Å². The highest BCUT2D eigenvalue weighted by Gasteiger charge is 2.50. The third-order valence-electron chi connectivity index (χ3n) is 5.64. The maximum Gasteiger partial charge on any atom is 0.490 e. The quantitative estimate of drug-likeness (QED) is 0.358. The van der Waals surface area contributed by atoms with E-state index in [9.17, 15) is 28.2 Å². The van der Waals surface area contributed by atoms with Crippen molar-refractivity contribution in [3.05, 3.63) is 52.9 Å². The smallest absolute Gasteiger partial charge is 0.475 e. The average Bonchev–Trinajstić information content (AvgIpc) is 3.35. The highest BCUT2D eigenvalue weighted by Crippen LogP contribution is 2.42. The van der Waals surface area contributed by atoms with Gasteiger partial charge in [-0.05, 0) is 29.3 Å². The predicted molar refractivity (Wildman–Crippen MR) is 116 cm³/mol. The first kappa shape index (κ1) is 25.6. The Hall–Kier alpha value is -3.46. The predicted octanol–water partition coefficient (Wildman–Crippen LogP) is 1.76. The van der Waals surface area contributed by atoms with Gasteiger partial charge in [0.2, 0.25) is 0 Å². The number of carbonyl (C=O) groups is 2. The molecule has 4 heterocycles. The maximum atomic E-state index is 12.1. The first-order valence-electron chi connectivity index (χ1n) is 10.2. The lowest BCUT2D eigenvalue weighted by Gasteiger charge is -2.31. The number of halogens is 4. The molecule has 5 rings (SSSR count). The molecule has 0 amide bonds. The van der Waals surface area contributed by atoms with Crippen LogP contribution in [0.15, 0.2) is 36.8 Å². The molecule has 2 aliphatic rings. The molecule has 0 radical (unpaired) electrons. The van der Waals surface area contributed by atoms with Crippen LogP contribution in [0.2, 0.25) is 5.02 Å². The van der Waals surface area contributed by atoms with Gasteiger partial charge in [0.15, 0.2) is 12.3 Å². The zero-order valence-corrected chi connectivity index (χ0v) is 18.7. The number of carbonyl (C=O) groups excluding carboxylic acids is 1. The molecule has 0 unspecified atom stereocenters. The van der Waals surface area contributed by atoms with Crippen molar-refractivity contribution in [2.24, 2.45) is 0 Å². The van der Waals surface area contributed by atoms with Gasteiger partial charge in [-0.3, -0.25) is 4.79 Å². The van der Waals surface area contributed by atoms with Gasteiger partial charge in [-0.1, -0.05) is 17.7 Å². The number of hydrogen-bond donors (Lipinski definition) is 4. The Morgan fingerprint density at radius 2 is 1.89 bits per heavy atom. The third kappa shape index (κ3) is 4.80. The molecule has 1 aromatic carbocycles. The van der Waals surface area contributed by atoms with E-state index in [1.807, 2.05) is 0 Å². The second-order valence-corrected chi connectivity index (χ2v) is 8.36. The fourth-order valence-corrected chi connectivity index (χ4v) is 4.21. The number of cyclic esters (lactones) is 1. The van der Waals surface area contributed by atoms with E-state index in [0.717, 1.165) is 0 Å². The minimum absolute atomic E-state index is 0.0830. The van der Waals surface area contributed by atoms with Crippen LogP contribution in [0.1, 0.15) is 23.5 Å². The number of nitrogens with two attached hydrogens (primary N) is 1. The molecule has 0 bridgehead atoms. The first-order chi connectivity index (χ1) is 16.9. The molecule has 11 nitrogen and oxygen atoms in total. The van der Waals surface area contributed by atoms with Gasteiger partial charge in [-0.25, -0.2) is 14.8 Å². The zero-order valence-electron chi connectivity index (χ0n) is 18.0.